The quantitative estimate of drug-likeness (QED) is 0.504. The standard InChI is InChI=1S/C25H25N3O/c1-16-24(17-11-13-28(16)14-12-17)27-18-9-10-22(26-15-18)21-7-4-6-20-19-5-2-3-8-23(19)29-25(20)21/h2-10,15-17,24,27H,11-14H2,1H3. The van der Waals surface area contributed by atoms with Gasteiger partial charge in [-0.2, -0.15) is 0 Å². The lowest BCUT2D eigenvalue weighted by atomic mass is 9.79. The van der Waals surface area contributed by atoms with Crippen molar-refractivity contribution < 1.29 is 4.42 Å². The second kappa shape index (κ2) is 6.60. The van der Waals surface area contributed by atoms with Crippen molar-refractivity contribution in [3.63, 3.8) is 0 Å². The summed E-state index contributed by atoms with van der Waals surface area (Å²) >= 11 is 0. The van der Waals surface area contributed by atoms with Crippen molar-refractivity contribution >= 4 is 27.6 Å². The van der Waals surface area contributed by atoms with Crippen LogP contribution < -0.4 is 5.32 Å². The third kappa shape index (κ3) is 2.74. The van der Waals surface area contributed by atoms with Crippen LogP contribution in [0.4, 0.5) is 5.69 Å². The molecule has 0 aliphatic carbocycles. The van der Waals surface area contributed by atoms with Crippen LogP contribution in [0.3, 0.4) is 0 Å². The number of aromatic nitrogens is 1. The lowest BCUT2D eigenvalue weighted by Crippen LogP contribution is -2.59. The number of anilines is 1. The molecular weight excluding hydrogens is 358 g/mol. The van der Waals surface area contributed by atoms with Crippen LogP contribution in [0, 0.1) is 5.92 Å². The van der Waals surface area contributed by atoms with E-state index in [0.717, 1.165) is 44.8 Å². The van der Waals surface area contributed by atoms with E-state index in [9.17, 15) is 0 Å². The highest BCUT2D eigenvalue weighted by molar-refractivity contribution is 6.09. The number of furan rings is 1. The smallest absolute Gasteiger partial charge is 0.144 e. The van der Waals surface area contributed by atoms with Gasteiger partial charge in [-0.15, -0.1) is 0 Å². The van der Waals surface area contributed by atoms with Gasteiger partial charge in [0, 0.05) is 28.4 Å². The van der Waals surface area contributed by atoms with Crippen molar-refractivity contribution in [3.05, 3.63) is 60.8 Å². The summed E-state index contributed by atoms with van der Waals surface area (Å²) in [5.74, 6) is 0.777. The molecule has 0 spiro atoms. The van der Waals surface area contributed by atoms with E-state index in [4.69, 9.17) is 9.40 Å². The van der Waals surface area contributed by atoms with Gasteiger partial charge in [0.05, 0.1) is 17.6 Å². The maximum absolute atomic E-state index is 6.18. The van der Waals surface area contributed by atoms with Crippen LogP contribution >= 0.6 is 0 Å². The highest BCUT2D eigenvalue weighted by Crippen LogP contribution is 2.36. The van der Waals surface area contributed by atoms with Gasteiger partial charge >= 0.3 is 0 Å². The van der Waals surface area contributed by atoms with Gasteiger partial charge in [-0.3, -0.25) is 9.88 Å². The maximum atomic E-state index is 6.18. The minimum Gasteiger partial charge on any atom is -0.455 e. The molecule has 3 aliphatic rings. The molecule has 5 heterocycles. The first-order valence-electron chi connectivity index (χ1n) is 10.7. The van der Waals surface area contributed by atoms with Crippen molar-refractivity contribution in [1.82, 2.24) is 9.88 Å². The van der Waals surface area contributed by atoms with E-state index >= 15 is 0 Å². The van der Waals surface area contributed by atoms with E-state index in [1.54, 1.807) is 0 Å². The molecule has 3 saturated heterocycles. The van der Waals surface area contributed by atoms with Crippen molar-refractivity contribution in [2.45, 2.75) is 31.8 Å². The third-order valence-electron chi connectivity index (χ3n) is 6.95. The third-order valence-corrected chi connectivity index (χ3v) is 6.95. The van der Waals surface area contributed by atoms with E-state index < -0.39 is 0 Å². The first kappa shape index (κ1) is 17.0. The fraction of sp³-hybridized carbons (Fsp3) is 0.320. The van der Waals surface area contributed by atoms with Crippen LogP contribution in [0.25, 0.3) is 33.2 Å². The molecule has 2 atom stereocenters. The predicted molar refractivity (Wildman–Crippen MR) is 118 cm³/mol. The van der Waals surface area contributed by atoms with E-state index in [2.05, 4.69) is 59.6 Å². The van der Waals surface area contributed by atoms with Crippen molar-refractivity contribution in [3.8, 4) is 11.3 Å². The van der Waals surface area contributed by atoms with Gasteiger partial charge < -0.3 is 9.73 Å². The minimum absolute atomic E-state index is 0.518. The summed E-state index contributed by atoms with van der Waals surface area (Å²) in [4.78, 5) is 7.40. The van der Waals surface area contributed by atoms with Gasteiger partial charge in [0.25, 0.3) is 0 Å². The molecule has 1 N–H and O–H groups in total. The molecule has 29 heavy (non-hydrogen) atoms. The molecule has 2 bridgehead atoms. The highest BCUT2D eigenvalue weighted by atomic mass is 16.3. The number of hydrogen-bond acceptors (Lipinski definition) is 4. The van der Waals surface area contributed by atoms with Crippen molar-refractivity contribution in [2.24, 2.45) is 5.92 Å². The topological polar surface area (TPSA) is 41.3 Å². The molecular formula is C25H25N3O. The van der Waals surface area contributed by atoms with Crippen LogP contribution in [0.15, 0.2) is 65.2 Å². The maximum Gasteiger partial charge on any atom is 0.144 e. The Morgan fingerprint density at radius 1 is 0.966 bits per heavy atom. The van der Waals surface area contributed by atoms with Crippen LogP contribution in [0.2, 0.25) is 0 Å². The molecule has 4 heteroatoms. The molecule has 3 aliphatic heterocycles. The molecule has 0 saturated carbocycles. The lowest BCUT2D eigenvalue weighted by molar-refractivity contribution is 0.0458. The first-order valence-corrected chi connectivity index (χ1v) is 10.7. The SMILES string of the molecule is CC1C(Nc2ccc(-c3cccc4c3oc3ccccc34)nc2)C2CCN1CC2. The van der Waals surface area contributed by atoms with E-state index in [1.807, 2.05) is 18.3 Å². The number of hydrogen-bond donors (Lipinski definition) is 1. The van der Waals surface area contributed by atoms with E-state index in [0.29, 0.717) is 12.1 Å². The molecule has 0 radical (unpaired) electrons. The second-order valence-corrected chi connectivity index (χ2v) is 8.50. The normalized spacial score (nSPS) is 26.2. The van der Waals surface area contributed by atoms with E-state index in [-0.39, 0.29) is 0 Å². The zero-order valence-electron chi connectivity index (χ0n) is 16.6. The number of pyridine rings is 1. The zero-order chi connectivity index (χ0) is 19.4. The monoisotopic (exact) mass is 383 g/mol. The molecule has 2 aromatic carbocycles. The Morgan fingerprint density at radius 2 is 1.79 bits per heavy atom. The highest BCUT2D eigenvalue weighted by Gasteiger charge is 2.39. The van der Waals surface area contributed by atoms with Gasteiger partial charge in [0.2, 0.25) is 0 Å². The van der Waals surface area contributed by atoms with Crippen LogP contribution in [0.5, 0.6) is 0 Å². The van der Waals surface area contributed by atoms with Gasteiger partial charge in [0.15, 0.2) is 0 Å². The molecule has 2 aromatic heterocycles. The van der Waals surface area contributed by atoms with Gasteiger partial charge in [0.1, 0.15) is 11.2 Å². The summed E-state index contributed by atoms with van der Waals surface area (Å²) in [6.45, 7) is 4.86. The average molecular weight is 383 g/mol. The summed E-state index contributed by atoms with van der Waals surface area (Å²) in [6, 6.07) is 19.9. The lowest BCUT2D eigenvalue weighted by Gasteiger charge is -2.50. The van der Waals surface area contributed by atoms with Crippen LogP contribution in [-0.2, 0) is 0 Å². The fourth-order valence-electron chi connectivity index (χ4n) is 5.33. The summed E-state index contributed by atoms with van der Waals surface area (Å²) in [5, 5.41) is 6.07. The number of para-hydroxylation sites is 2. The molecule has 0 amide bonds. The molecule has 4 aromatic rings. The molecule has 2 unspecified atom stereocenters. The predicted octanol–water partition coefficient (Wildman–Crippen LogP) is 5.54. The Labute approximate surface area is 170 Å². The number of piperidine rings is 3. The van der Waals surface area contributed by atoms with Gasteiger partial charge in [-0.1, -0.05) is 30.3 Å². The largest absolute Gasteiger partial charge is 0.455 e. The zero-order valence-corrected chi connectivity index (χ0v) is 16.6. The molecule has 4 nitrogen and oxygen atoms in total. The summed E-state index contributed by atoms with van der Waals surface area (Å²) in [7, 11) is 0. The van der Waals surface area contributed by atoms with Crippen LogP contribution in [-0.4, -0.2) is 35.1 Å². The molecule has 146 valence electrons. The summed E-state index contributed by atoms with van der Waals surface area (Å²) in [6.07, 6.45) is 4.59. The van der Waals surface area contributed by atoms with Gasteiger partial charge in [-0.25, -0.2) is 0 Å². The molecule has 7 rings (SSSR count). The average Bonchev–Trinajstić information content (AvgIpc) is 3.16. The Kier molecular flexibility index (Phi) is 3.88. The van der Waals surface area contributed by atoms with Crippen LogP contribution in [0.1, 0.15) is 19.8 Å². The number of fused-ring (bicyclic) bond motifs is 6. The minimum atomic E-state index is 0.518. The van der Waals surface area contributed by atoms with Crippen molar-refractivity contribution in [1.29, 1.82) is 0 Å². The summed E-state index contributed by atoms with van der Waals surface area (Å²) < 4.78 is 6.18. The second-order valence-electron chi connectivity index (χ2n) is 8.50. The Hall–Kier alpha value is -2.85. The number of nitrogens with one attached hydrogen (secondary N) is 1. The number of benzene rings is 2. The first-order chi connectivity index (χ1) is 14.3. The Morgan fingerprint density at radius 3 is 2.59 bits per heavy atom. The Bertz CT molecular complexity index is 1170. The number of rotatable bonds is 3. The molecule has 3 fully saturated rings. The summed E-state index contributed by atoms with van der Waals surface area (Å²) in [5.41, 5.74) is 4.93. The fourth-order valence-corrected chi connectivity index (χ4v) is 5.33. The Balaban J connectivity index is 1.32. The number of nitrogens with zero attached hydrogens (tertiary/aromatic N) is 2. The van der Waals surface area contributed by atoms with Crippen molar-refractivity contribution in [2.75, 3.05) is 18.4 Å². The van der Waals surface area contributed by atoms with Gasteiger partial charge in [-0.05, 0) is 63.0 Å². The van der Waals surface area contributed by atoms with E-state index in [1.165, 1.54) is 25.9 Å².